The molecule has 4 nitrogen and oxygen atoms in total. The Labute approximate surface area is 172 Å². The van der Waals surface area contributed by atoms with Crippen LogP contribution in [0.4, 0.5) is 0 Å². The molecule has 0 radical (unpaired) electrons. The lowest BCUT2D eigenvalue weighted by molar-refractivity contribution is 0.0279. The summed E-state index contributed by atoms with van der Waals surface area (Å²) in [5.41, 5.74) is 7.60. The molecule has 2 aromatic rings. The fourth-order valence-electron chi connectivity index (χ4n) is 3.73. The van der Waals surface area contributed by atoms with Gasteiger partial charge in [-0.15, -0.1) is 5.59 Å². The topological polar surface area (TPSA) is 50.5 Å². The Morgan fingerprint density at radius 3 is 2.11 bits per heavy atom. The number of piperidine rings is 1. The molecule has 1 aliphatic heterocycles. The zero-order valence-electron chi connectivity index (χ0n) is 18.6. The summed E-state index contributed by atoms with van der Waals surface area (Å²) < 4.78 is 0. The van der Waals surface area contributed by atoms with Crippen LogP contribution in [0.25, 0.3) is 0 Å². The number of hydrogen-bond donors (Lipinski definition) is 2. The van der Waals surface area contributed by atoms with Crippen molar-refractivity contribution in [2.24, 2.45) is 5.84 Å². The van der Waals surface area contributed by atoms with Gasteiger partial charge in [0.05, 0.1) is 6.61 Å². The normalized spacial score (nSPS) is 15.7. The lowest BCUT2D eigenvalue weighted by Gasteiger charge is -2.42. The molecule has 156 valence electrons. The number of hydrazine groups is 1. The van der Waals surface area contributed by atoms with Crippen molar-refractivity contribution in [3.8, 4) is 0 Å². The first-order valence-corrected chi connectivity index (χ1v) is 10.6. The zero-order valence-corrected chi connectivity index (χ0v) is 18.6. The molecular weight excluding hydrogens is 346 g/mol. The molecule has 1 heterocycles. The lowest BCUT2D eigenvalue weighted by Crippen LogP contribution is -2.41. The first-order valence-electron chi connectivity index (χ1n) is 10.6. The van der Waals surface area contributed by atoms with Gasteiger partial charge in [0.15, 0.2) is 0 Å². The van der Waals surface area contributed by atoms with Crippen LogP contribution in [0.1, 0.15) is 62.8 Å². The third-order valence-electron chi connectivity index (χ3n) is 5.24. The van der Waals surface area contributed by atoms with E-state index in [0.717, 1.165) is 31.5 Å². The van der Waals surface area contributed by atoms with Crippen molar-refractivity contribution in [3.05, 3.63) is 70.8 Å². The van der Waals surface area contributed by atoms with Crippen molar-refractivity contribution in [2.45, 2.75) is 59.5 Å². The van der Waals surface area contributed by atoms with Crippen molar-refractivity contribution < 1.29 is 4.84 Å². The second-order valence-electron chi connectivity index (χ2n) is 6.86. The predicted molar refractivity (Wildman–Crippen MR) is 120 cm³/mol. The van der Waals surface area contributed by atoms with Gasteiger partial charge in [-0.1, -0.05) is 81.8 Å². The number of nitrogens with two attached hydrogens (primary N) is 1. The van der Waals surface area contributed by atoms with Crippen molar-refractivity contribution in [1.82, 2.24) is 10.5 Å². The summed E-state index contributed by atoms with van der Waals surface area (Å²) >= 11 is 0. The first kappa shape index (κ1) is 24.3. The van der Waals surface area contributed by atoms with Crippen LogP contribution in [-0.4, -0.2) is 25.0 Å². The molecule has 0 unspecified atom stereocenters. The predicted octanol–water partition coefficient (Wildman–Crippen LogP) is 4.95. The van der Waals surface area contributed by atoms with Crippen LogP contribution in [-0.2, 0) is 16.9 Å². The summed E-state index contributed by atoms with van der Waals surface area (Å²) in [6.45, 7) is 12.9. The van der Waals surface area contributed by atoms with Gasteiger partial charge in [0.25, 0.3) is 0 Å². The average molecular weight is 386 g/mol. The second kappa shape index (κ2) is 12.7. The van der Waals surface area contributed by atoms with E-state index in [2.05, 4.69) is 73.0 Å². The van der Waals surface area contributed by atoms with E-state index in [1.54, 1.807) is 0 Å². The highest BCUT2D eigenvalue weighted by atomic mass is 16.7. The molecule has 1 aliphatic rings. The first-order chi connectivity index (χ1) is 13.6. The third kappa shape index (κ3) is 6.14. The maximum absolute atomic E-state index is 5.17. The molecule has 3 rings (SSSR count). The number of rotatable bonds is 5. The molecule has 3 N–H and O–H groups in total. The number of likely N-dealkylation sites (tertiary alicyclic amines) is 1. The Morgan fingerprint density at radius 2 is 1.57 bits per heavy atom. The summed E-state index contributed by atoms with van der Waals surface area (Å²) in [5, 5.41) is 0. The van der Waals surface area contributed by atoms with Crippen LogP contribution in [0.3, 0.4) is 0 Å². The quantitative estimate of drug-likeness (QED) is 0.564. The molecule has 0 atom stereocenters. The van der Waals surface area contributed by atoms with Gasteiger partial charge >= 0.3 is 0 Å². The Balaban J connectivity index is 0.000000921. The highest BCUT2D eigenvalue weighted by Gasteiger charge is 2.37. The summed E-state index contributed by atoms with van der Waals surface area (Å²) in [4.78, 5) is 7.49. The van der Waals surface area contributed by atoms with Gasteiger partial charge in [-0.3, -0.25) is 4.84 Å². The van der Waals surface area contributed by atoms with Gasteiger partial charge in [-0.05, 0) is 56.6 Å². The summed E-state index contributed by atoms with van der Waals surface area (Å²) in [7, 11) is 2.21. The Hall–Kier alpha value is -1.72. The van der Waals surface area contributed by atoms with E-state index in [-0.39, 0.29) is 5.41 Å². The maximum atomic E-state index is 5.17. The van der Waals surface area contributed by atoms with Crippen molar-refractivity contribution in [2.75, 3.05) is 20.1 Å². The van der Waals surface area contributed by atoms with Gasteiger partial charge in [-0.25, -0.2) is 5.84 Å². The molecule has 2 aromatic carbocycles. The van der Waals surface area contributed by atoms with E-state index < -0.39 is 0 Å². The second-order valence-corrected chi connectivity index (χ2v) is 6.86. The number of nitrogens with zero attached hydrogens (tertiary/aromatic N) is 1. The monoisotopic (exact) mass is 385 g/mol. The number of benzene rings is 2. The fraction of sp³-hybridized carbons (Fsp3) is 0.500. The minimum absolute atomic E-state index is 0.101. The molecule has 1 saturated heterocycles. The summed E-state index contributed by atoms with van der Waals surface area (Å²) in [6.07, 6.45) is 2.29. The van der Waals surface area contributed by atoms with Crippen LogP contribution < -0.4 is 11.4 Å². The highest BCUT2D eigenvalue weighted by Crippen LogP contribution is 2.41. The molecule has 28 heavy (non-hydrogen) atoms. The van der Waals surface area contributed by atoms with Crippen LogP contribution in [0.15, 0.2) is 48.5 Å². The lowest BCUT2D eigenvalue weighted by atomic mass is 9.68. The van der Waals surface area contributed by atoms with Crippen molar-refractivity contribution in [3.63, 3.8) is 0 Å². The average Bonchev–Trinajstić information content (AvgIpc) is 2.76. The van der Waals surface area contributed by atoms with Crippen LogP contribution in [0, 0.1) is 6.92 Å². The van der Waals surface area contributed by atoms with Crippen LogP contribution in [0.5, 0.6) is 0 Å². The van der Waals surface area contributed by atoms with Gasteiger partial charge in [-0.2, -0.15) is 0 Å². The van der Waals surface area contributed by atoms with Gasteiger partial charge in [0.1, 0.15) is 0 Å². The molecule has 0 aliphatic carbocycles. The number of nitrogens with one attached hydrogen (secondary N) is 1. The third-order valence-corrected chi connectivity index (χ3v) is 5.24. The fourth-order valence-corrected chi connectivity index (χ4v) is 3.73. The van der Waals surface area contributed by atoms with E-state index in [0.29, 0.717) is 6.61 Å². The van der Waals surface area contributed by atoms with E-state index >= 15 is 0 Å². The SMILES string of the molecule is CC.CC.Cc1cccc(C2(c3ccc(CONN)cc3)CCN(C)CC2)c1. The Morgan fingerprint density at radius 1 is 0.964 bits per heavy atom. The van der Waals surface area contributed by atoms with Gasteiger partial charge < -0.3 is 4.90 Å². The highest BCUT2D eigenvalue weighted by molar-refractivity contribution is 5.42. The van der Waals surface area contributed by atoms with E-state index in [9.17, 15) is 0 Å². The largest absolute Gasteiger partial charge is 0.306 e. The van der Waals surface area contributed by atoms with Gasteiger partial charge in [0.2, 0.25) is 0 Å². The van der Waals surface area contributed by atoms with E-state index in [4.69, 9.17) is 10.7 Å². The molecule has 0 amide bonds. The minimum Gasteiger partial charge on any atom is -0.306 e. The van der Waals surface area contributed by atoms with Crippen molar-refractivity contribution >= 4 is 0 Å². The smallest absolute Gasteiger partial charge is 0.0949 e. The molecule has 0 bridgehead atoms. The molecule has 4 heteroatoms. The van der Waals surface area contributed by atoms with Gasteiger partial charge in [0, 0.05) is 5.41 Å². The minimum atomic E-state index is 0.101. The molecular formula is C24H39N3O. The number of hydrogen-bond acceptors (Lipinski definition) is 4. The summed E-state index contributed by atoms with van der Waals surface area (Å²) in [5.74, 6) is 5.17. The van der Waals surface area contributed by atoms with Crippen molar-refractivity contribution in [1.29, 1.82) is 0 Å². The summed E-state index contributed by atoms with van der Waals surface area (Å²) in [6, 6.07) is 17.8. The van der Waals surface area contributed by atoms with Crippen LogP contribution >= 0.6 is 0 Å². The standard InChI is InChI=1S/C20H27N3O.2C2H6/c1-16-4-3-5-19(14-16)20(10-12-23(2)13-11-20)18-8-6-17(7-9-18)15-24-22-21;2*1-2/h3-9,14,22H,10-13,15,21H2,1-2H3;2*1-2H3. The number of aryl methyl sites for hydroxylation is 1. The molecule has 0 aromatic heterocycles. The van der Waals surface area contributed by atoms with E-state index in [1.807, 2.05) is 27.7 Å². The zero-order chi connectivity index (χ0) is 21.0. The Kier molecular flexibility index (Phi) is 11.0. The molecule has 0 saturated carbocycles. The maximum Gasteiger partial charge on any atom is 0.0949 e. The van der Waals surface area contributed by atoms with E-state index in [1.165, 1.54) is 16.7 Å². The Bertz CT molecular complexity index is 662. The molecule has 1 fully saturated rings. The van der Waals surface area contributed by atoms with Crippen LogP contribution in [0.2, 0.25) is 0 Å². The molecule has 0 spiro atoms.